The maximum atomic E-state index is 13.6. The number of nitrogens with one attached hydrogen (secondary N) is 1. The van der Waals surface area contributed by atoms with E-state index < -0.39 is 6.04 Å². The Bertz CT molecular complexity index is 1670. The lowest BCUT2D eigenvalue weighted by Crippen LogP contribution is -2.50. The molecule has 0 bridgehead atoms. The van der Waals surface area contributed by atoms with E-state index in [0.717, 1.165) is 27.6 Å². The van der Waals surface area contributed by atoms with Gasteiger partial charge in [-0.3, -0.25) is 14.5 Å². The third-order valence-corrected chi connectivity index (χ3v) is 7.46. The van der Waals surface area contributed by atoms with Gasteiger partial charge in [0.05, 0.1) is 12.8 Å². The van der Waals surface area contributed by atoms with Crippen LogP contribution in [0.15, 0.2) is 76.1 Å². The molecule has 39 heavy (non-hydrogen) atoms. The van der Waals surface area contributed by atoms with Crippen LogP contribution in [0.25, 0.3) is 10.9 Å². The molecule has 1 unspecified atom stereocenters. The van der Waals surface area contributed by atoms with Crippen LogP contribution in [-0.4, -0.2) is 67.1 Å². The fourth-order valence-corrected chi connectivity index (χ4v) is 5.21. The van der Waals surface area contributed by atoms with Crippen molar-refractivity contribution in [2.75, 3.05) is 26.2 Å². The summed E-state index contributed by atoms with van der Waals surface area (Å²) in [5.74, 6) is 0.765. The molecule has 10 heteroatoms. The number of nitrogens with zero attached hydrogens (tertiary/aromatic N) is 6. The van der Waals surface area contributed by atoms with Gasteiger partial charge >= 0.3 is 0 Å². The van der Waals surface area contributed by atoms with Crippen molar-refractivity contribution in [3.63, 3.8) is 0 Å². The highest BCUT2D eigenvalue weighted by Crippen LogP contribution is 2.29. The number of fused-ring (bicyclic) bond motifs is 1. The summed E-state index contributed by atoms with van der Waals surface area (Å²) < 4.78 is 7.07. The first-order valence-corrected chi connectivity index (χ1v) is 13.0. The van der Waals surface area contributed by atoms with Gasteiger partial charge in [-0.05, 0) is 76.7 Å². The second-order valence-corrected chi connectivity index (χ2v) is 9.97. The first-order valence-electron chi connectivity index (χ1n) is 13.0. The van der Waals surface area contributed by atoms with Crippen LogP contribution in [0.4, 0.5) is 0 Å². The van der Waals surface area contributed by atoms with E-state index in [0.29, 0.717) is 49.9 Å². The van der Waals surface area contributed by atoms with Crippen molar-refractivity contribution in [3.8, 4) is 0 Å². The van der Waals surface area contributed by atoms with E-state index in [-0.39, 0.29) is 11.5 Å². The fraction of sp³-hybridized carbons (Fsp3) is 0.276. The number of H-pyrrole nitrogens is 1. The van der Waals surface area contributed by atoms with Crippen LogP contribution in [-0.2, 0) is 6.54 Å². The molecular weight excluding hydrogens is 494 g/mol. The molecule has 1 aliphatic heterocycles. The van der Waals surface area contributed by atoms with E-state index in [1.807, 2.05) is 49.4 Å². The summed E-state index contributed by atoms with van der Waals surface area (Å²) in [5.41, 5.74) is 4.50. The van der Waals surface area contributed by atoms with Gasteiger partial charge in [0, 0.05) is 37.3 Å². The number of benzene rings is 2. The van der Waals surface area contributed by atoms with Crippen molar-refractivity contribution in [2.45, 2.75) is 26.4 Å². The summed E-state index contributed by atoms with van der Waals surface area (Å²) in [7, 11) is 0. The molecule has 198 valence electrons. The number of aromatic amines is 1. The average Bonchev–Trinajstić information content (AvgIpc) is 3.64. The lowest BCUT2D eigenvalue weighted by Gasteiger charge is -2.38. The molecule has 10 nitrogen and oxygen atoms in total. The molecule has 2 aromatic carbocycles. The molecule has 1 N–H and O–H groups in total. The largest absolute Gasteiger partial charge is 0.459 e. The van der Waals surface area contributed by atoms with E-state index in [2.05, 4.69) is 38.4 Å². The number of aromatic nitrogens is 5. The molecule has 0 saturated carbocycles. The molecular formula is C29H29N7O3. The predicted molar refractivity (Wildman–Crippen MR) is 145 cm³/mol. The van der Waals surface area contributed by atoms with Crippen molar-refractivity contribution >= 4 is 16.8 Å². The number of carbonyl (C=O) groups excluding carboxylic acids is 1. The van der Waals surface area contributed by atoms with E-state index in [1.165, 1.54) is 6.26 Å². The smallest absolute Gasteiger partial charge is 0.289 e. The second-order valence-electron chi connectivity index (χ2n) is 9.97. The van der Waals surface area contributed by atoms with Crippen LogP contribution in [0, 0.1) is 13.8 Å². The average molecular weight is 524 g/mol. The van der Waals surface area contributed by atoms with Crippen LogP contribution < -0.4 is 5.56 Å². The first-order chi connectivity index (χ1) is 19.0. The number of amides is 1. The lowest BCUT2D eigenvalue weighted by molar-refractivity contribution is 0.0558. The van der Waals surface area contributed by atoms with Gasteiger partial charge in [-0.1, -0.05) is 30.3 Å². The molecule has 1 aliphatic rings. The molecule has 0 radical (unpaired) electrons. The Morgan fingerprint density at radius 3 is 2.51 bits per heavy atom. The topological polar surface area (TPSA) is 113 Å². The zero-order chi connectivity index (χ0) is 26.9. The third-order valence-electron chi connectivity index (χ3n) is 7.46. The summed E-state index contributed by atoms with van der Waals surface area (Å²) >= 11 is 0. The Hall–Kier alpha value is -4.57. The number of hydrogen-bond donors (Lipinski definition) is 1. The van der Waals surface area contributed by atoms with Crippen molar-refractivity contribution < 1.29 is 9.21 Å². The van der Waals surface area contributed by atoms with Gasteiger partial charge in [0.2, 0.25) is 0 Å². The van der Waals surface area contributed by atoms with Crippen molar-refractivity contribution in [3.05, 3.63) is 111 Å². The molecule has 1 atom stereocenters. The summed E-state index contributed by atoms with van der Waals surface area (Å²) in [6, 6.07) is 18.9. The Kier molecular flexibility index (Phi) is 6.54. The van der Waals surface area contributed by atoms with Crippen LogP contribution in [0.5, 0.6) is 0 Å². The lowest BCUT2D eigenvalue weighted by atomic mass is 10.00. The Morgan fingerprint density at radius 1 is 1.00 bits per heavy atom. The van der Waals surface area contributed by atoms with Gasteiger partial charge in [-0.15, -0.1) is 5.10 Å². The number of hydrogen-bond acceptors (Lipinski definition) is 7. The van der Waals surface area contributed by atoms with E-state index in [4.69, 9.17) is 4.42 Å². The molecule has 6 rings (SSSR count). The quantitative estimate of drug-likeness (QED) is 0.363. The molecule has 0 spiro atoms. The summed E-state index contributed by atoms with van der Waals surface area (Å²) in [6.45, 7) is 6.62. The number of aryl methyl sites for hydroxylation is 2. The van der Waals surface area contributed by atoms with Crippen molar-refractivity contribution in [1.29, 1.82) is 0 Å². The van der Waals surface area contributed by atoms with Gasteiger partial charge in [-0.25, -0.2) is 4.68 Å². The van der Waals surface area contributed by atoms with Crippen LogP contribution >= 0.6 is 0 Å². The Morgan fingerprint density at radius 2 is 1.77 bits per heavy atom. The summed E-state index contributed by atoms with van der Waals surface area (Å²) in [4.78, 5) is 33.5. The number of carbonyl (C=O) groups is 1. The SMILES string of the molecule is Cc1cc2cc(C(c3nnnn3Cc3ccccc3)N3CCN(C(=O)c4ccco4)CC3)c(=O)[nH]c2cc1C. The summed E-state index contributed by atoms with van der Waals surface area (Å²) in [5, 5.41) is 13.7. The number of piperazine rings is 1. The number of tetrazole rings is 1. The maximum absolute atomic E-state index is 13.6. The predicted octanol–water partition coefficient (Wildman–Crippen LogP) is 3.32. The minimum absolute atomic E-state index is 0.139. The molecule has 1 saturated heterocycles. The van der Waals surface area contributed by atoms with E-state index in [1.54, 1.807) is 21.7 Å². The normalized spacial score (nSPS) is 15.1. The minimum atomic E-state index is -0.501. The van der Waals surface area contributed by atoms with Crippen molar-refractivity contribution in [1.82, 2.24) is 35.0 Å². The Balaban J connectivity index is 1.38. The molecule has 1 fully saturated rings. The molecule has 0 aliphatic carbocycles. The first kappa shape index (κ1) is 24.7. The maximum Gasteiger partial charge on any atom is 0.289 e. The highest BCUT2D eigenvalue weighted by Gasteiger charge is 2.34. The van der Waals surface area contributed by atoms with Gasteiger partial charge in [0.1, 0.15) is 6.04 Å². The number of furan rings is 1. The zero-order valence-electron chi connectivity index (χ0n) is 21.9. The number of rotatable bonds is 6. The van der Waals surface area contributed by atoms with E-state index >= 15 is 0 Å². The third kappa shape index (κ3) is 4.86. The van der Waals surface area contributed by atoms with Gasteiger partial charge in [-0.2, -0.15) is 0 Å². The number of pyridine rings is 1. The molecule has 3 aromatic heterocycles. The van der Waals surface area contributed by atoms with Crippen LogP contribution in [0.1, 0.15) is 44.7 Å². The minimum Gasteiger partial charge on any atom is -0.459 e. The second kappa shape index (κ2) is 10.3. The van der Waals surface area contributed by atoms with Gasteiger partial charge in [0.25, 0.3) is 11.5 Å². The van der Waals surface area contributed by atoms with Crippen molar-refractivity contribution in [2.24, 2.45) is 0 Å². The Labute approximate surface area is 224 Å². The standard InChI is InChI=1S/C29H29N7O3/c1-19-15-22-17-23(28(37)30-24(22)16-20(19)2)26(27-31-32-33-36(27)18-21-7-4-3-5-8-21)34-10-12-35(13-11-34)29(38)25-9-6-14-39-25/h3-9,14-17,26H,10-13,18H2,1-2H3,(H,30,37). The van der Waals surface area contributed by atoms with Gasteiger partial charge < -0.3 is 14.3 Å². The summed E-state index contributed by atoms with van der Waals surface area (Å²) in [6.07, 6.45) is 1.50. The van der Waals surface area contributed by atoms with Crippen LogP contribution in [0.3, 0.4) is 0 Å². The van der Waals surface area contributed by atoms with Gasteiger partial charge in [0.15, 0.2) is 11.6 Å². The highest BCUT2D eigenvalue weighted by molar-refractivity contribution is 5.91. The van der Waals surface area contributed by atoms with Crippen LogP contribution in [0.2, 0.25) is 0 Å². The zero-order valence-corrected chi connectivity index (χ0v) is 21.9. The molecule has 4 heterocycles. The fourth-order valence-electron chi connectivity index (χ4n) is 5.21. The highest BCUT2D eigenvalue weighted by atomic mass is 16.3. The monoisotopic (exact) mass is 523 g/mol. The molecule has 5 aromatic rings. The molecule has 1 amide bonds. The van der Waals surface area contributed by atoms with E-state index in [9.17, 15) is 9.59 Å².